The summed E-state index contributed by atoms with van der Waals surface area (Å²) in [5, 5.41) is 4.99. The lowest BCUT2D eigenvalue weighted by atomic mass is 9.78. The van der Waals surface area contributed by atoms with Gasteiger partial charge in [-0.15, -0.1) is 0 Å². The van der Waals surface area contributed by atoms with Gasteiger partial charge in [0.05, 0.1) is 28.6 Å². The fourth-order valence-electron chi connectivity index (χ4n) is 3.09. The van der Waals surface area contributed by atoms with E-state index in [1.807, 2.05) is 4.68 Å². The van der Waals surface area contributed by atoms with Crippen LogP contribution in [-0.4, -0.2) is 22.5 Å². The molecule has 0 aromatic carbocycles. The number of hydrogen-bond acceptors (Lipinski definition) is 3. The first kappa shape index (κ1) is 14.8. The third kappa shape index (κ3) is 2.67. The maximum atomic E-state index is 6.53. The Hall–Kier alpha value is -0.580. The molecule has 108 valence electrons. The van der Waals surface area contributed by atoms with Crippen molar-refractivity contribution in [1.82, 2.24) is 9.78 Å². The van der Waals surface area contributed by atoms with Crippen LogP contribution < -0.4 is 5.73 Å². The second kappa shape index (κ2) is 5.81. The van der Waals surface area contributed by atoms with Gasteiger partial charge in [0.2, 0.25) is 0 Å². The lowest BCUT2D eigenvalue weighted by Gasteiger charge is -2.41. The first-order chi connectivity index (χ1) is 9.02. The normalized spacial score (nSPS) is 20.7. The first-order valence-electron chi connectivity index (χ1n) is 7.05. The maximum Gasteiger partial charge on any atom is 0.0886 e. The van der Waals surface area contributed by atoms with Crippen LogP contribution in [0.3, 0.4) is 0 Å². The number of nitrogens with zero attached hydrogens (tertiary/aromatic N) is 2. The van der Waals surface area contributed by atoms with Crippen LogP contribution in [0.1, 0.15) is 63.7 Å². The van der Waals surface area contributed by atoms with Crippen LogP contribution in [-0.2, 0) is 4.74 Å². The molecule has 0 bridgehead atoms. The summed E-state index contributed by atoms with van der Waals surface area (Å²) in [5.41, 5.74) is 7.13. The second-order valence-electron chi connectivity index (χ2n) is 5.72. The fraction of sp³-hybridized carbons (Fsp3) is 0.786. The summed E-state index contributed by atoms with van der Waals surface area (Å²) < 4.78 is 7.75. The molecule has 1 saturated carbocycles. The Bertz CT molecular complexity index is 424. The predicted octanol–water partition coefficient (Wildman–Crippen LogP) is 3.47. The molecule has 5 heteroatoms. The molecule has 1 aromatic heterocycles. The first-order valence-corrected chi connectivity index (χ1v) is 7.43. The summed E-state index contributed by atoms with van der Waals surface area (Å²) in [6.07, 6.45) is 7.25. The summed E-state index contributed by atoms with van der Waals surface area (Å²) in [7, 11) is 1.76. The average Bonchev–Trinajstić information content (AvgIpc) is 2.80. The summed E-state index contributed by atoms with van der Waals surface area (Å²) in [5.74, 6) is 0. The van der Waals surface area contributed by atoms with Crippen LogP contribution in [0, 0.1) is 0 Å². The Labute approximate surface area is 120 Å². The SMILES string of the molecule is COC1(C(N)c2c(Cl)cnn2C(C)C)CCCCC1. The number of rotatable bonds is 4. The van der Waals surface area contributed by atoms with Crippen LogP contribution in [0.2, 0.25) is 5.02 Å². The van der Waals surface area contributed by atoms with Gasteiger partial charge >= 0.3 is 0 Å². The molecule has 4 nitrogen and oxygen atoms in total. The zero-order chi connectivity index (χ0) is 14.0. The molecule has 1 unspecified atom stereocenters. The van der Waals surface area contributed by atoms with E-state index in [0.717, 1.165) is 31.4 Å². The molecule has 2 N–H and O–H groups in total. The quantitative estimate of drug-likeness (QED) is 0.922. The molecule has 1 heterocycles. The van der Waals surface area contributed by atoms with Crippen LogP contribution in [0.5, 0.6) is 0 Å². The highest BCUT2D eigenvalue weighted by Crippen LogP contribution is 2.41. The highest BCUT2D eigenvalue weighted by atomic mass is 35.5. The second-order valence-corrected chi connectivity index (χ2v) is 6.13. The number of ether oxygens (including phenoxy) is 1. The van der Waals surface area contributed by atoms with E-state index >= 15 is 0 Å². The largest absolute Gasteiger partial charge is 0.376 e. The Kier molecular flexibility index (Phi) is 4.54. The number of nitrogens with two attached hydrogens (primary N) is 1. The molecule has 1 fully saturated rings. The predicted molar refractivity (Wildman–Crippen MR) is 77.4 cm³/mol. The van der Waals surface area contributed by atoms with Crippen molar-refractivity contribution in [2.24, 2.45) is 5.73 Å². The van der Waals surface area contributed by atoms with Gasteiger partial charge < -0.3 is 10.5 Å². The highest BCUT2D eigenvalue weighted by molar-refractivity contribution is 6.31. The third-order valence-electron chi connectivity index (χ3n) is 4.24. The van der Waals surface area contributed by atoms with Crippen molar-refractivity contribution in [3.63, 3.8) is 0 Å². The van der Waals surface area contributed by atoms with Gasteiger partial charge in [-0.3, -0.25) is 4.68 Å². The van der Waals surface area contributed by atoms with Crippen molar-refractivity contribution in [2.45, 2.75) is 63.6 Å². The minimum atomic E-state index is -0.297. The van der Waals surface area contributed by atoms with E-state index < -0.39 is 0 Å². The van der Waals surface area contributed by atoms with Gasteiger partial charge in [-0.2, -0.15) is 5.10 Å². The summed E-state index contributed by atoms with van der Waals surface area (Å²) in [6, 6.07) is 0.0150. The number of halogens is 1. The van der Waals surface area contributed by atoms with E-state index in [1.54, 1.807) is 13.3 Å². The molecule has 1 aliphatic carbocycles. The number of methoxy groups -OCH3 is 1. The smallest absolute Gasteiger partial charge is 0.0886 e. The molecule has 0 radical (unpaired) electrons. The minimum Gasteiger partial charge on any atom is -0.376 e. The lowest BCUT2D eigenvalue weighted by Crippen LogP contribution is -2.45. The van der Waals surface area contributed by atoms with Crippen LogP contribution in [0.15, 0.2) is 6.20 Å². The van der Waals surface area contributed by atoms with E-state index in [1.165, 1.54) is 6.42 Å². The molecule has 1 aromatic rings. The van der Waals surface area contributed by atoms with Gasteiger partial charge in [0, 0.05) is 13.2 Å². The number of hydrogen-bond donors (Lipinski definition) is 1. The topological polar surface area (TPSA) is 53.1 Å². The summed E-state index contributed by atoms with van der Waals surface area (Å²) >= 11 is 6.30. The Morgan fingerprint density at radius 1 is 1.37 bits per heavy atom. The van der Waals surface area contributed by atoms with Crippen molar-refractivity contribution in [3.8, 4) is 0 Å². The van der Waals surface area contributed by atoms with E-state index in [-0.39, 0.29) is 17.7 Å². The molecule has 1 atom stereocenters. The standard InChI is InChI=1S/C14H24ClN3O/c1-10(2)18-12(11(15)9-17-18)13(16)14(19-3)7-5-4-6-8-14/h9-10,13H,4-8,16H2,1-3H3. The maximum absolute atomic E-state index is 6.53. The Balaban J connectivity index is 2.36. The van der Waals surface area contributed by atoms with Gasteiger partial charge in [0.15, 0.2) is 0 Å². The molecule has 0 spiro atoms. The van der Waals surface area contributed by atoms with Crippen molar-refractivity contribution in [2.75, 3.05) is 7.11 Å². The summed E-state index contributed by atoms with van der Waals surface area (Å²) in [6.45, 7) is 4.17. The molecule has 0 amide bonds. The van der Waals surface area contributed by atoms with Crippen molar-refractivity contribution in [1.29, 1.82) is 0 Å². The van der Waals surface area contributed by atoms with Crippen molar-refractivity contribution < 1.29 is 4.74 Å². The minimum absolute atomic E-state index is 0.227. The third-order valence-corrected chi connectivity index (χ3v) is 4.54. The van der Waals surface area contributed by atoms with Crippen LogP contribution in [0.25, 0.3) is 0 Å². The fourth-order valence-corrected chi connectivity index (χ4v) is 3.34. The van der Waals surface area contributed by atoms with Crippen molar-refractivity contribution in [3.05, 3.63) is 16.9 Å². The molecular formula is C14H24ClN3O. The van der Waals surface area contributed by atoms with E-state index in [9.17, 15) is 0 Å². The molecule has 0 aliphatic heterocycles. The summed E-state index contributed by atoms with van der Waals surface area (Å²) in [4.78, 5) is 0. The van der Waals surface area contributed by atoms with E-state index in [4.69, 9.17) is 22.1 Å². The van der Waals surface area contributed by atoms with Gasteiger partial charge in [-0.05, 0) is 26.7 Å². The molecule has 1 aliphatic rings. The zero-order valence-corrected chi connectivity index (χ0v) is 12.8. The van der Waals surface area contributed by atoms with E-state index in [0.29, 0.717) is 5.02 Å². The zero-order valence-electron chi connectivity index (χ0n) is 12.0. The molecule has 0 saturated heterocycles. The lowest BCUT2D eigenvalue weighted by molar-refractivity contribution is -0.0614. The monoisotopic (exact) mass is 285 g/mol. The van der Waals surface area contributed by atoms with Gasteiger partial charge in [0.25, 0.3) is 0 Å². The van der Waals surface area contributed by atoms with Gasteiger partial charge in [-0.25, -0.2) is 0 Å². The molecule has 2 rings (SSSR count). The van der Waals surface area contributed by atoms with E-state index in [2.05, 4.69) is 18.9 Å². The van der Waals surface area contributed by atoms with Crippen LogP contribution in [0.4, 0.5) is 0 Å². The number of aromatic nitrogens is 2. The molecular weight excluding hydrogens is 262 g/mol. The highest BCUT2D eigenvalue weighted by Gasteiger charge is 2.41. The van der Waals surface area contributed by atoms with Gasteiger partial charge in [-0.1, -0.05) is 30.9 Å². The Morgan fingerprint density at radius 3 is 2.53 bits per heavy atom. The molecule has 19 heavy (non-hydrogen) atoms. The Morgan fingerprint density at radius 2 is 2.00 bits per heavy atom. The average molecular weight is 286 g/mol. The van der Waals surface area contributed by atoms with Crippen LogP contribution >= 0.6 is 11.6 Å². The van der Waals surface area contributed by atoms with Gasteiger partial charge in [0.1, 0.15) is 0 Å². The van der Waals surface area contributed by atoms with Crippen molar-refractivity contribution >= 4 is 11.6 Å².